The molecule has 11 heavy (non-hydrogen) atoms. The first-order valence-corrected chi connectivity index (χ1v) is 3.94. The number of nitrogens with one attached hydrogen (secondary N) is 1. The summed E-state index contributed by atoms with van der Waals surface area (Å²) in [6.45, 7) is 5.59. The summed E-state index contributed by atoms with van der Waals surface area (Å²) in [4.78, 5) is 12.1. The highest BCUT2D eigenvalue weighted by Crippen LogP contribution is 2.09. The highest BCUT2D eigenvalue weighted by Gasteiger charge is 2.16. The molecule has 1 fully saturated rings. The summed E-state index contributed by atoms with van der Waals surface area (Å²) >= 11 is 0. The predicted octanol–water partition coefficient (Wildman–Crippen LogP) is 0.340. The van der Waals surface area contributed by atoms with Crippen molar-refractivity contribution in [1.29, 1.82) is 0 Å². The van der Waals surface area contributed by atoms with Gasteiger partial charge in [-0.05, 0) is 32.1 Å². The molecular weight excluding hydrogens is 140 g/mol. The minimum atomic E-state index is 0.367. The van der Waals surface area contributed by atoms with Crippen LogP contribution in [-0.2, 0) is 4.79 Å². The van der Waals surface area contributed by atoms with E-state index in [1.54, 1.807) is 11.1 Å². The standard InChI is InChI=1S/C8H14N2O/c1-2-10(7-11)8-3-5-9-6-4-8/h2,7-9H,1,3-6H2. The van der Waals surface area contributed by atoms with E-state index < -0.39 is 0 Å². The molecule has 0 aliphatic carbocycles. The van der Waals surface area contributed by atoms with Crippen LogP contribution in [0.1, 0.15) is 12.8 Å². The van der Waals surface area contributed by atoms with Gasteiger partial charge < -0.3 is 10.2 Å². The Morgan fingerprint density at radius 1 is 1.45 bits per heavy atom. The molecule has 1 amide bonds. The molecule has 0 saturated carbocycles. The zero-order valence-corrected chi connectivity index (χ0v) is 6.62. The molecule has 62 valence electrons. The Morgan fingerprint density at radius 2 is 2.09 bits per heavy atom. The van der Waals surface area contributed by atoms with Crippen molar-refractivity contribution in [3.8, 4) is 0 Å². The van der Waals surface area contributed by atoms with Crippen LogP contribution in [0.25, 0.3) is 0 Å². The molecule has 0 radical (unpaired) electrons. The van der Waals surface area contributed by atoms with Gasteiger partial charge in [0, 0.05) is 6.04 Å². The minimum absolute atomic E-state index is 0.367. The third kappa shape index (κ3) is 2.05. The van der Waals surface area contributed by atoms with E-state index in [4.69, 9.17) is 0 Å². The van der Waals surface area contributed by atoms with Crippen LogP contribution in [0.4, 0.5) is 0 Å². The number of hydrogen-bond acceptors (Lipinski definition) is 2. The maximum atomic E-state index is 10.5. The van der Waals surface area contributed by atoms with Crippen LogP contribution in [0.15, 0.2) is 12.8 Å². The summed E-state index contributed by atoms with van der Waals surface area (Å²) in [7, 11) is 0. The quantitative estimate of drug-likeness (QED) is 0.594. The first kappa shape index (κ1) is 8.27. The third-order valence-electron chi connectivity index (χ3n) is 2.06. The summed E-state index contributed by atoms with van der Waals surface area (Å²) in [5.41, 5.74) is 0. The Morgan fingerprint density at radius 3 is 2.55 bits per heavy atom. The van der Waals surface area contributed by atoms with Gasteiger partial charge in [-0.3, -0.25) is 4.79 Å². The van der Waals surface area contributed by atoms with Gasteiger partial charge in [0.2, 0.25) is 6.41 Å². The fraction of sp³-hybridized carbons (Fsp3) is 0.625. The van der Waals surface area contributed by atoms with E-state index in [1.165, 1.54) is 0 Å². The summed E-state index contributed by atoms with van der Waals surface area (Å²) in [6, 6.07) is 0.367. The van der Waals surface area contributed by atoms with E-state index in [0.29, 0.717) is 6.04 Å². The molecule has 3 heteroatoms. The third-order valence-corrected chi connectivity index (χ3v) is 2.06. The summed E-state index contributed by atoms with van der Waals surface area (Å²) in [5, 5.41) is 3.24. The molecule has 0 aromatic rings. The number of carbonyl (C=O) groups excluding carboxylic acids is 1. The van der Waals surface area contributed by atoms with Crippen LogP contribution in [0.5, 0.6) is 0 Å². The molecule has 1 aliphatic rings. The summed E-state index contributed by atoms with van der Waals surface area (Å²) in [5.74, 6) is 0. The number of rotatable bonds is 3. The zero-order chi connectivity index (χ0) is 8.10. The van der Waals surface area contributed by atoms with Crippen molar-refractivity contribution in [2.24, 2.45) is 0 Å². The van der Waals surface area contributed by atoms with E-state index >= 15 is 0 Å². The van der Waals surface area contributed by atoms with Gasteiger partial charge in [0.1, 0.15) is 0 Å². The van der Waals surface area contributed by atoms with Crippen LogP contribution in [0, 0.1) is 0 Å². The average molecular weight is 154 g/mol. The molecule has 0 unspecified atom stereocenters. The van der Waals surface area contributed by atoms with Crippen molar-refractivity contribution in [1.82, 2.24) is 10.2 Å². The number of carbonyl (C=O) groups is 1. The fourth-order valence-electron chi connectivity index (χ4n) is 1.38. The van der Waals surface area contributed by atoms with Crippen molar-refractivity contribution in [2.45, 2.75) is 18.9 Å². The monoisotopic (exact) mass is 154 g/mol. The van der Waals surface area contributed by atoms with E-state index in [0.717, 1.165) is 32.3 Å². The van der Waals surface area contributed by atoms with Gasteiger partial charge in [-0.25, -0.2) is 0 Å². The second-order valence-corrected chi connectivity index (χ2v) is 2.72. The second kappa shape index (κ2) is 4.13. The van der Waals surface area contributed by atoms with Gasteiger partial charge in [-0.2, -0.15) is 0 Å². The molecule has 1 heterocycles. The summed E-state index contributed by atoms with van der Waals surface area (Å²) < 4.78 is 0. The lowest BCUT2D eigenvalue weighted by Gasteiger charge is -2.28. The topological polar surface area (TPSA) is 32.3 Å². The lowest BCUT2D eigenvalue weighted by molar-refractivity contribution is -0.117. The molecule has 1 saturated heterocycles. The molecule has 3 nitrogen and oxygen atoms in total. The van der Waals surface area contributed by atoms with Gasteiger partial charge in [-0.1, -0.05) is 6.58 Å². The van der Waals surface area contributed by atoms with Crippen molar-refractivity contribution in [2.75, 3.05) is 13.1 Å². The van der Waals surface area contributed by atoms with Crippen LogP contribution in [0.3, 0.4) is 0 Å². The Hall–Kier alpha value is -0.830. The highest BCUT2D eigenvalue weighted by molar-refractivity contribution is 5.49. The Kier molecular flexibility index (Phi) is 3.11. The van der Waals surface area contributed by atoms with Crippen LogP contribution >= 0.6 is 0 Å². The van der Waals surface area contributed by atoms with Gasteiger partial charge in [0.25, 0.3) is 0 Å². The van der Waals surface area contributed by atoms with Crippen LogP contribution in [0.2, 0.25) is 0 Å². The highest BCUT2D eigenvalue weighted by atomic mass is 16.1. The van der Waals surface area contributed by atoms with Crippen molar-refractivity contribution in [3.63, 3.8) is 0 Å². The Labute approximate surface area is 67.1 Å². The molecular formula is C8H14N2O. The van der Waals surface area contributed by atoms with Gasteiger partial charge in [0.05, 0.1) is 0 Å². The molecule has 0 atom stereocenters. The van der Waals surface area contributed by atoms with E-state index in [2.05, 4.69) is 11.9 Å². The maximum absolute atomic E-state index is 10.5. The van der Waals surface area contributed by atoms with E-state index in [9.17, 15) is 4.79 Å². The number of hydrogen-bond donors (Lipinski definition) is 1. The molecule has 1 rings (SSSR count). The molecule has 1 aliphatic heterocycles. The predicted molar refractivity (Wildman–Crippen MR) is 44.0 cm³/mol. The van der Waals surface area contributed by atoms with Gasteiger partial charge in [-0.15, -0.1) is 0 Å². The maximum Gasteiger partial charge on any atom is 0.213 e. The normalized spacial score (nSPS) is 19.3. The zero-order valence-electron chi connectivity index (χ0n) is 6.62. The fourth-order valence-corrected chi connectivity index (χ4v) is 1.38. The molecule has 0 bridgehead atoms. The van der Waals surface area contributed by atoms with Gasteiger partial charge >= 0.3 is 0 Å². The summed E-state index contributed by atoms with van der Waals surface area (Å²) in [6.07, 6.45) is 4.52. The first-order chi connectivity index (χ1) is 5.38. The lowest BCUT2D eigenvalue weighted by Crippen LogP contribution is -2.39. The van der Waals surface area contributed by atoms with E-state index in [1.807, 2.05) is 0 Å². The Bertz CT molecular complexity index is 133. The SMILES string of the molecule is C=CN(C=O)C1CCNCC1. The van der Waals surface area contributed by atoms with Crippen LogP contribution in [-0.4, -0.2) is 30.4 Å². The molecule has 1 N–H and O–H groups in total. The Balaban J connectivity index is 2.42. The molecule has 0 aromatic heterocycles. The van der Waals surface area contributed by atoms with Crippen molar-refractivity contribution in [3.05, 3.63) is 12.8 Å². The number of amides is 1. The van der Waals surface area contributed by atoms with Crippen LogP contribution < -0.4 is 5.32 Å². The average Bonchev–Trinajstić information content (AvgIpc) is 2.09. The van der Waals surface area contributed by atoms with E-state index in [-0.39, 0.29) is 0 Å². The first-order valence-electron chi connectivity index (χ1n) is 3.94. The molecule has 0 aromatic carbocycles. The number of piperidine rings is 1. The van der Waals surface area contributed by atoms with Crippen molar-refractivity contribution < 1.29 is 4.79 Å². The smallest absolute Gasteiger partial charge is 0.213 e. The van der Waals surface area contributed by atoms with Gasteiger partial charge in [0.15, 0.2) is 0 Å². The number of nitrogens with zero attached hydrogens (tertiary/aromatic N) is 1. The minimum Gasteiger partial charge on any atom is -0.319 e. The molecule has 0 spiro atoms. The van der Waals surface area contributed by atoms with Crippen molar-refractivity contribution >= 4 is 6.41 Å². The largest absolute Gasteiger partial charge is 0.319 e. The second-order valence-electron chi connectivity index (χ2n) is 2.72. The lowest BCUT2D eigenvalue weighted by atomic mass is 10.1.